The van der Waals surface area contributed by atoms with Crippen LogP contribution in [-0.2, 0) is 16.1 Å². The predicted octanol–water partition coefficient (Wildman–Crippen LogP) is 3.40. The summed E-state index contributed by atoms with van der Waals surface area (Å²) in [5.74, 6) is 0.714. The van der Waals surface area contributed by atoms with Gasteiger partial charge in [0.15, 0.2) is 5.13 Å². The van der Waals surface area contributed by atoms with E-state index in [4.69, 9.17) is 4.74 Å². The van der Waals surface area contributed by atoms with E-state index in [-0.39, 0.29) is 11.8 Å². The van der Waals surface area contributed by atoms with Crippen LogP contribution in [-0.4, -0.2) is 76.5 Å². The zero-order chi connectivity index (χ0) is 24.6. The molecule has 11 heteroatoms. The minimum atomic E-state index is -0.314. The fraction of sp³-hybridized carbons (Fsp3) is 0.375. The first-order chi connectivity index (χ1) is 17.0. The standard InChI is InChI=1S/C24H28N6O3S2/c1-17(31)29-8-10-30(11-9-29)18-5-6-20(26-14-18)23(32)28-24-27-22(16-35-24)19-4-3-7-25-21(19)15-33-12-13-34-2/h3-7,14,16H,8-13,15H2,1-2H3,(H,27,28,32). The van der Waals surface area contributed by atoms with Crippen molar-refractivity contribution >= 4 is 45.7 Å². The molecule has 0 aliphatic carbocycles. The summed E-state index contributed by atoms with van der Waals surface area (Å²) in [6.07, 6.45) is 5.48. The fourth-order valence-corrected chi connectivity index (χ4v) is 4.69. The van der Waals surface area contributed by atoms with E-state index in [9.17, 15) is 9.59 Å². The summed E-state index contributed by atoms with van der Waals surface area (Å²) in [5, 5.41) is 5.23. The molecule has 0 radical (unpaired) electrons. The smallest absolute Gasteiger partial charge is 0.276 e. The molecule has 3 aromatic rings. The third kappa shape index (κ3) is 6.56. The van der Waals surface area contributed by atoms with Gasteiger partial charge in [-0.2, -0.15) is 11.8 Å². The molecule has 4 rings (SSSR count). The van der Waals surface area contributed by atoms with Gasteiger partial charge >= 0.3 is 0 Å². The number of pyridine rings is 2. The molecule has 1 saturated heterocycles. The number of carbonyl (C=O) groups is 2. The number of piperazine rings is 1. The lowest BCUT2D eigenvalue weighted by atomic mass is 10.1. The van der Waals surface area contributed by atoms with E-state index in [0.717, 1.165) is 41.5 Å². The molecule has 2 amide bonds. The number of rotatable bonds is 9. The molecule has 1 fully saturated rings. The first-order valence-corrected chi connectivity index (χ1v) is 13.6. The zero-order valence-corrected chi connectivity index (χ0v) is 21.4. The topological polar surface area (TPSA) is 101 Å². The number of carbonyl (C=O) groups excluding carboxylic acids is 2. The molecule has 0 bridgehead atoms. The Morgan fingerprint density at radius 2 is 2.00 bits per heavy atom. The molecule has 35 heavy (non-hydrogen) atoms. The van der Waals surface area contributed by atoms with Crippen molar-refractivity contribution < 1.29 is 14.3 Å². The second-order valence-corrected chi connectivity index (χ2v) is 9.77. The number of anilines is 2. The third-order valence-corrected chi connectivity index (χ3v) is 6.96. The number of hydrogen-bond acceptors (Lipinski definition) is 9. The highest BCUT2D eigenvalue weighted by Crippen LogP contribution is 2.27. The van der Waals surface area contributed by atoms with Gasteiger partial charge in [-0.1, -0.05) is 0 Å². The highest BCUT2D eigenvalue weighted by Gasteiger charge is 2.20. The summed E-state index contributed by atoms with van der Waals surface area (Å²) in [6.45, 7) is 5.53. The van der Waals surface area contributed by atoms with Crippen LogP contribution in [0.1, 0.15) is 23.1 Å². The average molecular weight is 513 g/mol. The number of amides is 2. The molecule has 1 N–H and O–H groups in total. The van der Waals surface area contributed by atoms with Crippen LogP contribution in [0.25, 0.3) is 11.3 Å². The van der Waals surface area contributed by atoms with Crippen molar-refractivity contribution in [2.75, 3.05) is 55.0 Å². The van der Waals surface area contributed by atoms with Crippen molar-refractivity contribution in [2.45, 2.75) is 13.5 Å². The maximum Gasteiger partial charge on any atom is 0.276 e. The van der Waals surface area contributed by atoms with Crippen LogP contribution in [0.4, 0.5) is 10.8 Å². The Bertz CT molecular complexity index is 1150. The predicted molar refractivity (Wildman–Crippen MR) is 140 cm³/mol. The minimum absolute atomic E-state index is 0.0966. The fourth-order valence-electron chi connectivity index (χ4n) is 3.70. The van der Waals surface area contributed by atoms with E-state index < -0.39 is 0 Å². The van der Waals surface area contributed by atoms with Gasteiger partial charge in [0.05, 0.1) is 36.5 Å². The lowest BCUT2D eigenvalue weighted by molar-refractivity contribution is -0.129. The van der Waals surface area contributed by atoms with Crippen LogP contribution < -0.4 is 10.2 Å². The van der Waals surface area contributed by atoms with E-state index >= 15 is 0 Å². The second-order valence-electron chi connectivity index (χ2n) is 7.93. The largest absolute Gasteiger partial charge is 0.374 e. The molecule has 1 aliphatic heterocycles. The van der Waals surface area contributed by atoms with Gasteiger partial charge in [-0.3, -0.25) is 19.9 Å². The van der Waals surface area contributed by atoms with Crippen molar-refractivity contribution in [1.29, 1.82) is 0 Å². The Labute approximate surface area is 212 Å². The first-order valence-electron chi connectivity index (χ1n) is 11.3. The van der Waals surface area contributed by atoms with Crippen molar-refractivity contribution in [3.8, 4) is 11.3 Å². The Morgan fingerprint density at radius 1 is 1.17 bits per heavy atom. The van der Waals surface area contributed by atoms with Gasteiger partial charge in [0, 0.05) is 56.0 Å². The molecule has 0 saturated carbocycles. The highest BCUT2D eigenvalue weighted by atomic mass is 32.2. The van der Waals surface area contributed by atoms with Gasteiger partial charge in [0.25, 0.3) is 5.91 Å². The molecule has 1 aliphatic rings. The van der Waals surface area contributed by atoms with E-state index in [2.05, 4.69) is 25.2 Å². The third-order valence-electron chi connectivity index (χ3n) is 5.63. The summed E-state index contributed by atoms with van der Waals surface area (Å²) < 4.78 is 5.71. The summed E-state index contributed by atoms with van der Waals surface area (Å²) in [4.78, 5) is 41.6. The first kappa shape index (κ1) is 25.1. The van der Waals surface area contributed by atoms with Crippen molar-refractivity contribution in [1.82, 2.24) is 19.9 Å². The van der Waals surface area contributed by atoms with Crippen LogP contribution in [0.15, 0.2) is 42.0 Å². The minimum Gasteiger partial charge on any atom is -0.374 e. The molecule has 0 spiro atoms. The van der Waals surface area contributed by atoms with Gasteiger partial charge in [-0.05, 0) is 30.5 Å². The Hall–Kier alpha value is -3.02. The molecular weight excluding hydrogens is 484 g/mol. The number of thiazole rings is 1. The highest BCUT2D eigenvalue weighted by molar-refractivity contribution is 7.98. The molecule has 9 nitrogen and oxygen atoms in total. The van der Waals surface area contributed by atoms with Gasteiger partial charge in [0.2, 0.25) is 5.91 Å². The summed E-state index contributed by atoms with van der Waals surface area (Å²) in [7, 11) is 0. The Morgan fingerprint density at radius 3 is 2.71 bits per heavy atom. The van der Waals surface area contributed by atoms with Gasteiger partial charge < -0.3 is 14.5 Å². The number of nitrogens with one attached hydrogen (secondary N) is 1. The Kier molecular flexibility index (Phi) is 8.67. The number of nitrogens with zero attached hydrogens (tertiary/aromatic N) is 5. The number of hydrogen-bond donors (Lipinski definition) is 1. The van der Waals surface area contributed by atoms with Crippen LogP contribution in [0.3, 0.4) is 0 Å². The summed E-state index contributed by atoms with van der Waals surface area (Å²) in [6, 6.07) is 7.42. The van der Waals surface area contributed by atoms with E-state index in [1.54, 1.807) is 37.1 Å². The zero-order valence-electron chi connectivity index (χ0n) is 19.8. The average Bonchev–Trinajstić information content (AvgIpc) is 3.35. The van der Waals surface area contributed by atoms with Crippen molar-refractivity contribution in [2.24, 2.45) is 0 Å². The van der Waals surface area contributed by atoms with Crippen LogP contribution in [0.5, 0.6) is 0 Å². The molecule has 184 valence electrons. The van der Waals surface area contributed by atoms with Crippen LogP contribution in [0.2, 0.25) is 0 Å². The van der Waals surface area contributed by atoms with Gasteiger partial charge in [0.1, 0.15) is 5.69 Å². The molecule has 0 unspecified atom stereocenters. The summed E-state index contributed by atoms with van der Waals surface area (Å²) >= 11 is 3.09. The molecule has 0 aromatic carbocycles. The second kappa shape index (κ2) is 12.1. The van der Waals surface area contributed by atoms with Crippen molar-refractivity contribution in [3.05, 3.63) is 53.4 Å². The summed E-state index contributed by atoms with van der Waals surface area (Å²) in [5.41, 5.74) is 3.70. The molecule has 3 aromatic heterocycles. The lowest BCUT2D eigenvalue weighted by Crippen LogP contribution is -2.48. The quantitative estimate of drug-likeness (QED) is 0.436. The number of thioether (sulfide) groups is 1. The van der Waals surface area contributed by atoms with E-state index in [1.807, 2.05) is 34.7 Å². The van der Waals surface area contributed by atoms with E-state index in [1.165, 1.54) is 11.3 Å². The molecule has 0 atom stereocenters. The SMILES string of the molecule is CSCCOCc1ncccc1-c1csc(NC(=O)c2ccc(N3CCN(C(C)=O)CC3)cn2)n1. The molecule has 4 heterocycles. The molecular formula is C24H28N6O3S2. The maximum absolute atomic E-state index is 12.7. The normalized spacial score (nSPS) is 13.7. The monoisotopic (exact) mass is 512 g/mol. The van der Waals surface area contributed by atoms with Crippen molar-refractivity contribution in [3.63, 3.8) is 0 Å². The van der Waals surface area contributed by atoms with Crippen LogP contribution >= 0.6 is 23.1 Å². The number of aromatic nitrogens is 3. The van der Waals surface area contributed by atoms with Gasteiger partial charge in [-0.15, -0.1) is 11.3 Å². The number of ether oxygens (including phenoxy) is 1. The Balaban J connectivity index is 1.36. The van der Waals surface area contributed by atoms with E-state index in [0.29, 0.717) is 37.1 Å². The lowest BCUT2D eigenvalue weighted by Gasteiger charge is -2.35. The van der Waals surface area contributed by atoms with Gasteiger partial charge in [-0.25, -0.2) is 9.97 Å². The van der Waals surface area contributed by atoms with Crippen LogP contribution in [0, 0.1) is 0 Å². The maximum atomic E-state index is 12.7.